The second-order valence-electron chi connectivity index (χ2n) is 8.36. The van der Waals surface area contributed by atoms with Crippen LogP contribution in [-0.4, -0.2) is 62.1 Å². The van der Waals surface area contributed by atoms with Crippen molar-refractivity contribution >= 4 is 23.1 Å². The summed E-state index contributed by atoms with van der Waals surface area (Å²) in [7, 11) is 2.13. The second-order valence-corrected chi connectivity index (χ2v) is 8.36. The highest BCUT2D eigenvalue weighted by Crippen LogP contribution is 2.24. The van der Waals surface area contributed by atoms with Crippen LogP contribution >= 0.6 is 0 Å². The van der Waals surface area contributed by atoms with Gasteiger partial charge >= 0.3 is 0 Å². The minimum absolute atomic E-state index is 0.0951. The Balaban J connectivity index is 1.38. The van der Waals surface area contributed by atoms with Crippen LogP contribution in [0.1, 0.15) is 30.1 Å². The third-order valence-electron chi connectivity index (χ3n) is 6.11. The smallest absolute Gasteiger partial charge is 0.255 e. The molecule has 2 fully saturated rings. The van der Waals surface area contributed by atoms with Gasteiger partial charge in [0.2, 0.25) is 0 Å². The molecule has 1 N–H and O–H groups in total. The molecule has 0 atom stereocenters. The molecule has 0 radical (unpaired) electrons. The summed E-state index contributed by atoms with van der Waals surface area (Å²) >= 11 is 0. The number of carbonyl (C=O) groups is 1. The van der Waals surface area contributed by atoms with E-state index in [1.807, 2.05) is 18.2 Å². The van der Waals surface area contributed by atoms with Crippen LogP contribution < -0.4 is 15.1 Å². The number of amides is 1. The monoisotopic (exact) mass is 393 g/mol. The van der Waals surface area contributed by atoms with Crippen molar-refractivity contribution < 1.29 is 4.79 Å². The van der Waals surface area contributed by atoms with Gasteiger partial charge in [-0.05, 0) is 62.2 Å². The molecule has 0 unspecified atom stereocenters. The number of rotatable bonds is 4. The average Bonchev–Trinajstić information content (AvgIpc) is 2.75. The number of hydrogen-bond donors (Lipinski definition) is 1. The predicted molar refractivity (Wildman–Crippen MR) is 119 cm³/mol. The lowest BCUT2D eigenvalue weighted by molar-refractivity contribution is 0.102. The molecule has 2 saturated heterocycles. The summed E-state index contributed by atoms with van der Waals surface area (Å²) < 4.78 is 0. The molecule has 4 rings (SSSR count). The Morgan fingerprint density at radius 3 is 2.34 bits per heavy atom. The minimum Gasteiger partial charge on any atom is -0.372 e. The molecule has 1 aromatic heterocycles. The van der Waals surface area contributed by atoms with Crippen LogP contribution in [0.3, 0.4) is 0 Å². The van der Waals surface area contributed by atoms with Gasteiger partial charge in [0.1, 0.15) is 5.82 Å². The molecule has 2 aliphatic heterocycles. The number of benzene rings is 1. The molecule has 6 nitrogen and oxygen atoms in total. The van der Waals surface area contributed by atoms with Gasteiger partial charge in [-0.3, -0.25) is 4.79 Å². The highest BCUT2D eigenvalue weighted by Gasteiger charge is 2.18. The van der Waals surface area contributed by atoms with Gasteiger partial charge in [0.15, 0.2) is 0 Å². The molecule has 0 saturated carbocycles. The van der Waals surface area contributed by atoms with Crippen molar-refractivity contribution in [2.24, 2.45) is 5.92 Å². The quantitative estimate of drug-likeness (QED) is 0.864. The number of piperazine rings is 1. The van der Waals surface area contributed by atoms with E-state index in [1.54, 1.807) is 12.3 Å². The van der Waals surface area contributed by atoms with Crippen LogP contribution in [0.15, 0.2) is 42.6 Å². The SMILES string of the molecule is CC1CCN(c2ccc(NC(=O)c3ccnc(N4CCN(C)CC4)c3)cc2)CC1. The lowest BCUT2D eigenvalue weighted by Gasteiger charge is -2.33. The molecule has 29 heavy (non-hydrogen) atoms. The summed E-state index contributed by atoms with van der Waals surface area (Å²) in [6.07, 6.45) is 4.22. The van der Waals surface area contributed by atoms with Crippen molar-refractivity contribution in [3.05, 3.63) is 48.2 Å². The first-order valence-electron chi connectivity index (χ1n) is 10.6. The molecular weight excluding hydrogens is 362 g/mol. The molecule has 1 aromatic carbocycles. The van der Waals surface area contributed by atoms with Gasteiger partial charge in [0.05, 0.1) is 0 Å². The Bertz CT molecular complexity index is 821. The van der Waals surface area contributed by atoms with E-state index in [2.05, 4.69) is 51.1 Å². The zero-order valence-corrected chi connectivity index (χ0v) is 17.5. The lowest BCUT2D eigenvalue weighted by Crippen LogP contribution is -2.44. The fraction of sp³-hybridized carbons (Fsp3) is 0.478. The first-order chi connectivity index (χ1) is 14.1. The number of piperidine rings is 1. The van der Waals surface area contributed by atoms with E-state index in [-0.39, 0.29) is 5.91 Å². The molecule has 154 valence electrons. The zero-order chi connectivity index (χ0) is 20.2. The van der Waals surface area contributed by atoms with Crippen LogP contribution in [0.25, 0.3) is 0 Å². The Labute approximate surface area is 173 Å². The largest absolute Gasteiger partial charge is 0.372 e. The Morgan fingerprint density at radius 1 is 0.966 bits per heavy atom. The molecule has 3 heterocycles. The van der Waals surface area contributed by atoms with E-state index >= 15 is 0 Å². The number of likely N-dealkylation sites (N-methyl/N-ethyl adjacent to an activating group) is 1. The molecule has 2 aromatic rings. The third-order valence-corrected chi connectivity index (χ3v) is 6.11. The highest BCUT2D eigenvalue weighted by atomic mass is 16.1. The highest BCUT2D eigenvalue weighted by molar-refractivity contribution is 6.04. The standard InChI is InChI=1S/C23H31N5O/c1-18-8-11-27(12-9-18)21-5-3-20(4-6-21)25-23(29)19-7-10-24-22(17-19)28-15-13-26(2)14-16-28/h3-7,10,17-18H,8-9,11-16H2,1-2H3,(H,25,29). The summed E-state index contributed by atoms with van der Waals surface area (Å²) in [6.45, 7) is 8.44. The van der Waals surface area contributed by atoms with Crippen LogP contribution in [0.4, 0.5) is 17.2 Å². The number of nitrogens with zero attached hydrogens (tertiary/aromatic N) is 4. The van der Waals surface area contributed by atoms with Crippen LogP contribution in [-0.2, 0) is 0 Å². The first-order valence-corrected chi connectivity index (χ1v) is 10.6. The summed E-state index contributed by atoms with van der Waals surface area (Å²) in [5, 5.41) is 3.02. The van der Waals surface area contributed by atoms with Crippen molar-refractivity contribution in [1.82, 2.24) is 9.88 Å². The molecule has 6 heteroatoms. The van der Waals surface area contributed by atoms with Crippen molar-refractivity contribution in [1.29, 1.82) is 0 Å². The maximum absolute atomic E-state index is 12.7. The summed E-state index contributed by atoms with van der Waals surface area (Å²) in [6, 6.07) is 11.9. The van der Waals surface area contributed by atoms with Crippen LogP contribution in [0.2, 0.25) is 0 Å². The topological polar surface area (TPSA) is 51.7 Å². The van der Waals surface area contributed by atoms with Crippen LogP contribution in [0.5, 0.6) is 0 Å². The summed E-state index contributed by atoms with van der Waals surface area (Å²) in [5.41, 5.74) is 2.70. The van der Waals surface area contributed by atoms with E-state index in [0.29, 0.717) is 5.56 Å². The van der Waals surface area contributed by atoms with Gasteiger partial charge < -0.3 is 20.0 Å². The van der Waals surface area contributed by atoms with Gasteiger partial charge in [-0.1, -0.05) is 6.92 Å². The van der Waals surface area contributed by atoms with Crippen molar-refractivity contribution in [2.75, 3.05) is 61.4 Å². The number of carbonyl (C=O) groups excluding carboxylic acids is 1. The number of nitrogens with one attached hydrogen (secondary N) is 1. The van der Waals surface area contributed by atoms with Gasteiger partial charge in [-0.2, -0.15) is 0 Å². The lowest BCUT2D eigenvalue weighted by atomic mass is 9.99. The van der Waals surface area contributed by atoms with Crippen LogP contribution in [0, 0.1) is 5.92 Å². The van der Waals surface area contributed by atoms with E-state index in [4.69, 9.17) is 0 Å². The number of aromatic nitrogens is 1. The van der Waals surface area contributed by atoms with E-state index in [9.17, 15) is 4.79 Å². The van der Waals surface area contributed by atoms with Gasteiger partial charge in [0.25, 0.3) is 5.91 Å². The number of pyridine rings is 1. The number of hydrogen-bond acceptors (Lipinski definition) is 5. The molecule has 0 spiro atoms. The van der Waals surface area contributed by atoms with Crippen molar-refractivity contribution in [3.8, 4) is 0 Å². The molecule has 0 aliphatic carbocycles. The Hall–Kier alpha value is -2.60. The fourth-order valence-electron chi connectivity index (χ4n) is 3.99. The average molecular weight is 394 g/mol. The molecular formula is C23H31N5O. The third kappa shape index (κ3) is 4.88. The normalized spacial score (nSPS) is 18.7. The maximum atomic E-state index is 12.7. The van der Waals surface area contributed by atoms with E-state index in [0.717, 1.165) is 56.7 Å². The first kappa shape index (κ1) is 19.7. The Kier molecular flexibility index (Phi) is 6.00. The fourth-order valence-corrected chi connectivity index (χ4v) is 3.99. The minimum atomic E-state index is -0.0951. The molecule has 1 amide bonds. The van der Waals surface area contributed by atoms with Gasteiger partial charge in [-0.15, -0.1) is 0 Å². The van der Waals surface area contributed by atoms with Gasteiger partial charge in [-0.25, -0.2) is 4.98 Å². The van der Waals surface area contributed by atoms with E-state index < -0.39 is 0 Å². The zero-order valence-electron chi connectivity index (χ0n) is 17.5. The van der Waals surface area contributed by atoms with Gasteiger partial charge in [0, 0.05) is 62.4 Å². The number of anilines is 3. The summed E-state index contributed by atoms with van der Waals surface area (Å²) in [4.78, 5) is 24.2. The predicted octanol–water partition coefficient (Wildman–Crippen LogP) is 3.32. The van der Waals surface area contributed by atoms with E-state index in [1.165, 1.54) is 18.5 Å². The Morgan fingerprint density at radius 2 is 1.66 bits per heavy atom. The molecule has 2 aliphatic rings. The van der Waals surface area contributed by atoms with Crippen molar-refractivity contribution in [3.63, 3.8) is 0 Å². The maximum Gasteiger partial charge on any atom is 0.255 e. The summed E-state index contributed by atoms with van der Waals surface area (Å²) in [5.74, 6) is 1.60. The molecule has 0 bridgehead atoms. The van der Waals surface area contributed by atoms with Crippen molar-refractivity contribution in [2.45, 2.75) is 19.8 Å². The second kappa shape index (κ2) is 8.82.